The number of hydrogen-bond donors (Lipinski definition) is 2. The van der Waals surface area contributed by atoms with E-state index < -0.39 is 12.0 Å². The summed E-state index contributed by atoms with van der Waals surface area (Å²) < 4.78 is 13.2. The zero-order chi connectivity index (χ0) is 27.7. The van der Waals surface area contributed by atoms with Gasteiger partial charge in [-0.25, -0.2) is 4.79 Å². The number of aromatic carboxylic acids is 1. The Kier molecular flexibility index (Phi) is 8.08. The number of amides is 1. The highest BCUT2D eigenvalue weighted by molar-refractivity contribution is 6.38. The summed E-state index contributed by atoms with van der Waals surface area (Å²) in [6, 6.07) is 14.6. The minimum atomic E-state index is -1.15. The number of carboxylic acid groups (broad SMARTS) is 1. The quantitative estimate of drug-likeness (QED) is 0.337. The average molecular weight is 553 g/mol. The molecule has 3 aromatic rings. The van der Waals surface area contributed by atoms with Crippen molar-refractivity contribution >= 4 is 40.2 Å². The number of carbonyl (C=O) groups excluding carboxylic acids is 2. The van der Waals surface area contributed by atoms with Crippen LogP contribution in [0.4, 0.5) is 4.39 Å². The van der Waals surface area contributed by atoms with Gasteiger partial charge in [-0.3, -0.25) is 14.0 Å². The summed E-state index contributed by atoms with van der Waals surface area (Å²) >= 11 is 6.31. The van der Waals surface area contributed by atoms with Gasteiger partial charge >= 0.3 is 5.97 Å². The Bertz CT molecular complexity index is 1370. The molecule has 2 aromatic carbocycles. The van der Waals surface area contributed by atoms with Crippen molar-refractivity contribution in [3.05, 3.63) is 70.4 Å². The number of aromatic nitrogens is 1. The molecule has 1 saturated carbocycles. The number of nitrogens with zero attached hydrogens (tertiary/aromatic N) is 1. The molecule has 1 aromatic heterocycles. The number of benzene rings is 2. The molecule has 0 radical (unpaired) electrons. The van der Waals surface area contributed by atoms with Crippen molar-refractivity contribution in [1.82, 2.24) is 9.88 Å². The third-order valence-corrected chi connectivity index (χ3v) is 9.19. The molecule has 1 aliphatic heterocycles. The molecule has 39 heavy (non-hydrogen) atoms. The second-order valence-electron chi connectivity index (χ2n) is 11.2. The molecule has 2 heterocycles. The predicted octanol–water partition coefficient (Wildman–Crippen LogP) is 6.43. The van der Waals surface area contributed by atoms with Gasteiger partial charge in [0.25, 0.3) is 0 Å². The Hall–Kier alpha value is -3.19. The van der Waals surface area contributed by atoms with Gasteiger partial charge in [0.15, 0.2) is 5.78 Å². The maximum Gasteiger partial charge on any atom is 0.353 e. The molecule has 206 valence electrons. The van der Waals surface area contributed by atoms with E-state index in [9.17, 15) is 23.9 Å². The summed E-state index contributed by atoms with van der Waals surface area (Å²) in [6.45, 7) is 2.13. The van der Waals surface area contributed by atoms with Gasteiger partial charge in [0.05, 0.1) is 17.7 Å². The maximum absolute atomic E-state index is 13.9. The van der Waals surface area contributed by atoms with Gasteiger partial charge in [0.1, 0.15) is 5.69 Å². The van der Waals surface area contributed by atoms with Crippen LogP contribution in [0.5, 0.6) is 0 Å². The van der Waals surface area contributed by atoms with Gasteiger partial charge < -0.3 is 15.0 Å². The van der Waals surface area contributed by atoms with Crippen LogP contribution in [0.15, 0.2) is 48.5 Å². The molecule has 1 amide bonds. The van der Waals surface area contributed by atoms with Gasteiger partial charge in [-0.15, -0.1) is 0 Å². The molecule has 6 nitrogen and oxygen atoms in total. The van der Waals surface area contributed by atoms with E-state index in [1.807, 2.05) is 37.3 Å². The number of nitrogens with one attached hydrogen (secondary N) is 1. The number of Topliss-reactive ketones (excluding diaryl/α,β-unsaturated/α-hetero) is 1. The Morgan fingerprint density at radius 1 is 1.08 bits per heavy atom. The van der Waals surface area contributed by atoms with Gasteiger partial charge in [-0.2, -0.15) is 0 Å². The smallest absolute Gasteiger partial charge is 0.353 e. The van der Waals surface area contributed by atoms with Gasteiger partial charge in [-0.05, 0) is 67.2 Å². The lowest BCUT2D eigenvalue weighted by Crippen LogP contribution is -2.46. The number of H-pyrrole nitrogens is 1. The van der Waals surface area contributed by atoms with Crippen LogP contribution >= 0.6 is 11.6 Å². The topological polar surface area (TPSA) is 90.5 Å². The van der Waals surface area contributed by atoms with Gasteiger partial charge in [0.2, 0.25) is 5.91 Å². The molecule has 1 aliphatic carbocycles. The maximum atomic E-state index is 13.9. The van der Waals surface area contributed by atoms with Crippen molar-refractivity contribution in [3.63, 3.8) is 0 Å². The summed E-state index contributed by atoms with van der Waals surface area (Å²) in [5.41, 5.74) is 2.27. The summed E-state index contributed by atoms with van der Waals surface area (Å²) in [4.78, 5) is 43.8. The van der Waals surface area contributed by atoms with E-state index in [0.717, 1.165) is 36.8 Å². The lowest BCUT2D eigenvalue weighted by atomic mass is 9.76. The summed E-state index contributed by atoms with van der Waals surface area (Å²) in [5, 5.41) is 10.0. The van der Waals surface area contributed by atoms with E-state index >= 15 is 0 Å². The molecule has 2 fully saturated rings. The van der Waals surface area contributed by atoms with Crippen LogP contribution in [0, 0.1) is 17.8 Å². The van der Waals surface area contributed by atoms with Crippen LogP contribution in [0.2, 0.25) is 5.02 Å². The van der Waals surface area contributed by atoms with Crippen molar-refractivity contribution < 1.29 is 23.9 Å². The Balaban J connectivity index is 1.39. The van der Waals surface area contributed by atoms with Crippen molar-refractivity contribution in [2.45, 2.75) is 57.4 Å². The van der Waals surface area contributed by atoms with E-state index in [2.05, 4.69) is 4.98 Å². The zero-order valence-corrected chi connectivity index (χ0v) is 22.8. The van der Waals surface area contributed by atoms with Crippen molar-refractivity contribution in [2.75, 3.05) is 13.2 Å². The Labute approximate surface area is 232 Å². The van der Waals surface area contributed by atoms with Gasteiger partial charge in [-0.1, -0.05) is 54.9 Å². The number of halogens is 2. The lowest BCUT2D eigenvalue weighted by molar-refractivity contribution is -0.142. The predicted molar refractivity (Wildman–Crippen MR) is 149 cm³/mol. The number of likely N-dealkylation sites (tertiary alicyclic amines) is 1. The second kappa shape index (κ2) is 11.5. The monoisotopic (exact) mass is 552 g/mol. The largest absolute Gasteiger partial charge is 0.477 e. The SMILES string of the molecule is C[C@H](CF)C1CCC(C(=O)N2CC[C@H](c3ccccc3)[C@H]2C(=O)Cc2ccc3[nH]c(C(=O)O)c(Cl)c3c2)CC1. The third-order valence-electron chi connectivity index (χ3n) is 8.80. The summed E-state index contributed by atoms with van der Waals surface area (Å²) in [7, 11) is 0. The molecular weight excluding hydrogens is 519 g/mol. The lowest BCUT2D eigenvalue weighted by Gasteiger charge is -2.35. The number of rotatable bonds is 8. The van der Waals surface area contributed by atoms with Crippen LogP contribution in [0.25, 0.3) is 10.9 Å². The molecule has 5 rings (SSSR count). The second-order valence-corrected chi connectivity index (χ2v) is 11.5. The van der Waals surface area contributed by atoms with Crippen LogP contribution in [-0.4, -0.2) is 51.9 Å². The molecule has 2 N–H and O–H groups in total. The Morgan fingerprint density at radius 3 is 2.46 bits per heavy atom. The molecule has 0 bridgehead atoms. The molecule has 0 spiro atoms. The first-order chi connectivity index (χ1) is 18.8. The fourth-order valence-electron chi connectivity index (χ4n) is 6.55. The third kappa shape index (κ3) is 5.46. The standard InChI is InChI=1S/C31H34ClFN2O4/c1-18(17-33)20-8-10-22(11-9-20)30(37)35-14-13-23(21-5-3-2-4-6-21)29(35)26(36)16-19-7-12-25-24(15-19)27(32)28(34-25)31(38)39/h2-7,12,15,18,20,22-23,29,34H,8-11,13-14,16-17H2,1H3,(H,38,39)/t18-,20?,22?,23-,29+/m1/s1. The highest BCUT2D eigenvalue weighted by Crippen LogP contribution is 2.39. The molecular formula is C31H34ClFN2O4. The fourth-order valence-corrected chi connectivity index (χ4v) is 6.84. The van der Waals surface area contributed by atoms with Crippen molar-refractivity contribution in [3.8, 4) is 0 Å². The molecule has 2 aliphatic rings. The highest BCUT2D eigenvalue weighted by atomic mass is 35.5. The molecule has 3 atom stereocenters. The van der Waals surface area contributed by atoms with E-state index in [4.69, 9.17) is 11.6 Å². The van der Waals surface area contributed by atoms with Crippen molar-refractivity contribution in [1.29, 1.82) is 0 Å². The van der Waals surface area contributed by atoms with Crippen LogP contribution in [-0.2, 0) is 16.0 Å². The molecule has 8 heteroatoms. The Morgan fingerprint density at radius 2 is 1.79 bits per heavy atom. The minimum absolute atomic E-state index is 0.0158. The fraction of sp³-hybridized carbons (Fsp3) is 0.452. The number of hydrogen-bond acceptors (Lipinski definition) is 3. The minimum Gasteiger partial charge on any atom is -0.477 e. The number of carboxylic acids is 1. The number of fused-ring (bicyclic) bond motifs is 1. The van der Waals surface area contributed by atoms with Gasteiger partial charge in [0, 0.05) is 35.7 Å². The molecule has 0 unspecified atom stereocenters. The zero-order valence-electron chi connectivity index (χ0n) is 22.0. The first kappa shape index (κ1) is 27.4. The van der Waals surface area contributed by atoms with E-state index in [1.54, 1.807) is 23.1 Å². The van der Waals surface area contributed by atoms with E-state index in [1.165, 1.54) is 0 Å². The highest BCUT2D eigenvalue weighted by Gasteiger charge is 2.44. The van der Waals surface area contributed by atoms with Crippen LogP contribution in [0.3, 0.4) is 0 Å². The summed E-state index contributed by atoms with van der Waals surface area (Å²) in [5.74, 6) is -1.06. The number of alkyl halides is 1. The van der Waals surface area contributed by atoms with E-state index in [0.29, 0.717) is 29.8 Å². The summed E-state index contributed by atoms with van der Waals surface area (Å²) in [6.07, 6.45) is 3.97. The average Bonchev–Trinajstić information content (AvgIpc) is 3.54. The molecule has 1 saturated heterocycles. The van der Waals surface area contributed by atoms with E-state index in [-0.39, 0.29) is 53.3 Å². The number of carbonyl (C=O) groups is 3. The first-order valence-electron chi connectivity index (χ1n) is 13.8. The number of aromatic amines is 1. The first-order valence-corrected chi connectivity index (χ1v) is 14.1. The van der Waals surface area contributed by atoms with Crippen LogP contribution in [0.1, 0.15) is 66.6 Å². The normalized spacial score (nSPS) is 24.1. The van der Waals surface area contributed by atoms with Crippen molar-refractivity contribution in [2.24, 2.45) is 17.8 Å². The van der Waals surface area contributed by atoms with Crippen LogP contribution < -0.4 is 0 Å². The number of ketones is 1.